The number of benzene rings is 1. The second kappa shape index (κ2) is 14.7. The van der Waals surface area contributed by atoms with Gasteiger partial charge < -0.3 is 9.80 Å². The highest BCUT2D eigenvalue weighted by molar-refractivity contribution is 7.99. The minimum absolute atomic E-state index is 0.871. The van der Waals surface area contributed by atoms with Crippen molar-refractivity contribution in [3.05, 3.63) is 65.5 Å². The largest absolute Gasteiger partial charge is 0.305 e. The molecule has 1 aromatic heterocycles. The van der Waals surface area contributed by atoms with Crippen LogP contribution in [0.4, 0.5) is 0 Å². The fraction of sp³-hybridized carbons (Fsp3) is 0.593. The molecule has 1 fully saturated rings. The van der Waals surface area contributed by atoms with Crippen LogP contribution in [0.25, 0.3) is 0 Å². The van der Waals surface area contributed by atoms with Crippen LogP contribution in [-0.4, -0.2) is 96.5 Å². The van der Waals surface area contributed by atoms with Gasteiger partial charge in [0, 0.05) is 52.0 Å². The highest BCUT2D eigenvalue weighted by Gasteiger charge is 2.11. The van der Waals surface area contributed by atoms with Gasteiger partial charge in [-0.15, -0.1) is 0 Å². The van der Waals surface area contributed by atoms with Gasteiger partial charge in [0.15, 0.2) is 0 Å². The topological polar surface area (TPSA) is 25.9 Å². The standard InChI is InChI=1S/C27H43N5S/c1-29-14-6-20-33-21-7-15-30(2)17-19-32(18-16-29)23-26-11-9-25(10-12-26)22-31(3)24-27-8-4-5-13-28-27/h4-5,8-13H,6-7,14-24H2,1-3H3. The Labute approximate surface area is 206 Å². The Bertz CT molecular complexity index is 752. The Morgan fingerprint density at radius 1 is 0.788 bits per heavy atom. The number of nitrogens with zero attached hydrogens (tertiary/aromatic N) is 5. The summed E-state index contributed by atoms with van der Waals surface area (Å²) in [5.74, 6) is 2.59. The molecule has 0 radical (unpaired) electrons. The van der Waals surface area contributed by atoms with E-state index in [0.717, 1.165) is 51.5 Å². The predicted molar refractivity (Wildman–Crippen MR) is 143 cm³/mol. The molecule has 0 spiro atoms. The summed E-state index contributed by atoms with van der Waals surface area (Å²) in [5, 5.41) is 0. The summed E-state index contributed by atoms with van der Waals surface area (Å²) in [5.41, 5.74) is 3.89. The number of hydrogen-bond donors (Lipinski definition) is 0. The quantitative estimate of drug-likeness (QED) is 0.637. The first-order valence-corrected chi connectivity index (χ1v) is 13.6. The summed E-state index contributed by atoms with van der Waals surface area (Å²) >= 11 is 2.12. The monoisotopic (exact) mass is 469 g/mol. The molecule has 1 saturated heterocycles. The van der Waals surface area contributed by atoms with Crippen molar-refractivity contribution < 1.29 is 0 Å². The second-order valence-corrected chi connectivity index (χ2v) is 10.7. The van der Waals surface area contributed by atoms with Crippen molar-refractivity contribution in [2.24, 2.45) is 0 Å². The van der Waals surface area contributed by atoms with Gasteiger partial charge in [0.2, 0.25) is 0 Å². The van der Waals surface area contributed by atoms with Crippen LogP contribution < -0.4 is 0 Å². The maximum absolute atomic E-state index is 4.44. The average Bonchev–Trinajstić information content (AvgIpc) is 2.81. The van der Waals surface area contributed by atoms with Crippen LogP contribution in [0, 0.1) is 0 Å². The van der Waals surface area contributed by atoms with Gasteiger partial charge in [0.1, 0.15) is 0 Å². The molecule has 6 heteroatoms. The second-order valence-electron chi connectivity index (χ2n) is 9.51. The van der Waals surface area contributed by atoms with E-state index < -0.39 is 0 Å². The minimum Gasteiger partial charge on any atom is -0.305 e. The van der Waals surface area contributed by atoms with Gasteiger partial charge in [-0.2, -0.15) is 11.8 Å². The first kappa shape index (κ1) is 26.2. The third-order valence-corrected chi connectivity index (χ3v) is 7.45. The maximum Gasteiger partial charge on any atom is 0.0543 e. The van der Waals surface area contributed by atoms with Crippen molar-refractivity contribution in [3.63, 3.8) is 0 Å². The molecule has 0 amide bonds. The number of rotatable bonds is 6. The molecule has 5 nitrogen and oxygen atoms in total. The van der Waals surface area contributed by atoms with Crippen molar-refractivity contribution in [2.75, 3.05) is 71.9 Å². The Morgan fingerprint density at radius 2 is 1.42 bits per heavy atom. The molecule has 3 rings (SSSR count). The third kappa shape index (κ3) is 10.6. The molecule has 0 N–H and O–H groups in total. The van der Waals surface area contributed by atoms with Gasteiger partial charge in [0.25, 0.3) is 0 Å². The van der Waals surface area contributed by atoms with E-state index in [1.807, 2.05) is 12.3 Å². The molecule has 182 valence electrons. The average molecular weight is 470 g/mol. The minimum atomic E-state index is 0.871. The van der Waals surface area contributed by atoms with E-state index in [0.29, 0.717) is 0 Å². The molecule has 0 saturated carbocycles. The van der Waals surface area contributed by atoms with E-state index in [4.69, 9.17) is 0 Å². The molecular formula is C27H43N5S. The molecule has 2 heterocycles. The van der Waals surface area contributed by atoms with E-state index in [-0.39, 0.29) is 0 Å². The Balaban J connectivity index is 1.52. The van der Waals surface area contributed by atoms with Gasteiger partial charge in [-0.05, 0) is 81.8 Å². The fourth-order valence-electron chi connectivity index (χ4n) is 4.24. The van der Waals surface area contributed by atoms with E-state index >= 15 is 0 Å². The van der Waals surface area contributed by atoms with Gasteiger partial charge >= 0.3 is 0 Å². The number of likely N-dealkylation sites (N-methyl/N-ethyl adjacent to an activating group) is 2. The molecule has 1 aliphatic heterocycles. The summed E-state index contributed by atoms with van der Waals surface area (Å²) in [6, 6.07) is 15.3. The SMILES string of the molecule is CN1CCCSCCCN(C)CCN(Cc2ccc(CN(C)Cc3ccccn3)cc2)CC1. The van der Waals surface area contributed by atoms with Crippen LogP contribution in [0.5, 0.6) is 0 Å². The van der Waals surface area contributed by atoms with Crippen molar-refractivity contribution in [2.45, 2.75) is 32.5 Å². The van der Waals surface area contributed by atoms with Crippen LogP contribution in [-0.2, 0) is 19.6 Å². The van der Waals surface area contributed by atoms with Crippen molar-refractivity contribution in [1.29, 1.82) is 0 Å². The normalized spacial score (nSPS) is 18.9. The first-order chi connectivity index (χ1) is 16.1. The third-order valence-electron chi connectivity index (χ3n) is 6.29. The summed E-state index contributed by atoms with van der Waals surface area (Å²) in [7, 11) is 6.71. The Hall–Kier alpha value is -1.44. The Morgan fingerprint density at radius 3 is 2.03 bits per heavy atom. The molecule has 0 unspecified atom stereocenters. The molecular weight excluding hydrogens is 426 g/mol. The number of aromatic nitrogens is 1. The van der Waals surface area contributed by atoms with E-state index in [1.165, 1.54) is 48.6 Å². The van der Waals surface area contributed by atoms with Crippen molar-refractivity contribution >= 4 is 11.8 Å². The highest BCUT2D eigenvalue weighted by atomic mass is 32.2. The molecule has 1 aromatic carbocycles. The Kier molecular flexibility index (Phi) is 11.7. The van der Waals surface area contributed by atoms with E-state index in [9.17, 15) is 0 Å². The summed E-state index contributed by atoms with van der Waals surface area (Å²) in [6.07, 6.45) is 4.47. The zero-order valence-electron chi connectivity index (χ0n) is 21.0. The van der Waals surface area contributed by atoms with Crippen molar-refractivity contribution in [3.8, 4) is 0 Å². The predicted octanol–water partition coefficient (Wildman–Crippen LogP) is 3.91. The molecule has 0 bridgehead atoms. The van der Waals surface area contributed by atoms with Crippen LogP contribution >= 0.6 is 11.8 Å². The number of hydrogen-bond acceptors (Lipinski definition) is 6. The maximum atomic E-state index is 4.44. The molecule has 2 aromatic rings. The van der Waals surface area contributed by atoms with Crippen LogP contribution in [0.2, 0.25) is 0 Å². The number of pyridine rings is 1. The van der Waals surface area contributed by atoms with Crippen LogP contribution in [0.3, 0.4) is 0 Å². The van der Waals surface area contributed by atoms with Crippen molar-refractivity contribution in [1.82, 2.24) is 24.6 Å². The number of thioether (sulfide) groups is 1. The first-order valence-electron chi connectivity index (χ1n) is 12.4. The zero-order valence-corrected chi connectivity index (χ0v) is 21.8. The lowest BCUT2D eigenvalue weighted by atomic mass is 10.1. The van der Waals surface area contributed by atoms with Gasteiger partial charge in [-0.1, -0.05) is 30.3 Å². The molecule has 0 atom stereocenters. The van der Waals surface area contributed by atoms with Crippen LogP contribution in [0.1, 0.15) is 29.7 Å². The molecule has 33 heavy (non-hydrogen) atoms. The summed E-state index contributed by atoms with van der Waals surface area (Å²) in [6.45, 7) is 9.81. The van der Waals surface area contributed by atoms with Gasteiger partial charge in [-0.3, -0.25) is 14.8 Å². The fourth-order valence-corrected chi connectivity index (χ4v) is 5.11. The highest BCUT2D eigenvalue weighted by Crippen LogP contribution is 2.12. The van der Waals surface area contributed by atoms with Crippen LogP contribution in [0.15, 0.2) is 48.7 Å². The molecule has 1 aliphatic rings. The molecule has 0 aliphatic carbocycles. The van der Waals surface area contributed by atoms with E-state index in [2.05, 4.69) is 93.9 Å². The lowest BCUT2D eigenvalue weighted by Gasteiger charge is -2.28. The smallest absolute Gasteiger partial charge is 0.0543 e. The lowest BCUT2D eigenvalue weighted by molar-refractivity contribution is 0.192. The zero-order chi connectivity index (χ0) is 23.3. The summed E-state index contributed by atoms with van der Waals surface area (Å²) in [4.78, 5) is 14.4. The van der Waals surface area contributed by atoms with E-state index in [1.54, 1.807) is 0 Å². The van der Waals surface area contributed by atoms with Gasteiger partial charge in [-0.25, -0.2) is 0 Å². The summed E-state index contributed by atoms with van der Waals surface area (Å²) < 4.78 is 0. The van der Waals surface area contributed by atoms with Gasteiger partial charge in [0.05, 0.1) is 5.69 Å². The lowest BCUT2D eigenvalue weighted by Crippen LogP contribution is -2.38.